The predicted molar refractivity (Wildman–Crippen MR) is 120 cm³/mol. The number of hydrazine groups is 1. The van der Waals surface area contributed by atoms with Crippen LogP contribution in [0.2, 0.25) is 0 Å². The van der Waals surface area contributed by atoms with Crippen molar-refractivity contribution >= 4 is 33.4 Å². The summed E-state index contributed by atoms with van der Waals surface area (Å²) in [7, 11) is 3.11. The minimum atomic E-state index is -0.692. The van der Waals surface area contributed by atoms with E-state index in [-0.39, 0.29) is 5.91 Å². The van der Waals surface area contributed by atoms with Crippen LogP contribution >= 0.6 is 15.9 Å². The van der Waals surface area contributed by atoms with Crippen LogP contribution in [0.25, 0.3) is 0 Å². The van der Waals surface area contributed by atoms with E-state index in [2.05, 4.69) is 26.7 Å². The molecule has 1 heterocycles. The van der Waals surface area contributed by atoms with Gasteiger partial charge in [0, 0.05) is 27.4 Å². The van der Waals surface area contributed by atoms with Gasteiger partial charge in [0.25, 0.3) is 11.8 Å². The summed E-state index contributed by atoms with van der Waals surface area (Å²) >= 11 is 3.36. The summed E-state index contributed by atoms with van der Waals surface area (Å²) in [6.45, 7) is 0. The van der Waals surface area contributed by atoms with Gasteiger partial charge in [0.15, 0.2) is 6.17 Å². The summed E-state index contributed by atoms with van der Waals surface area (Å²) < 4.78 is 11.7. The maximum absolute atomic E-state index is 13.3. The summed E-state index contributed by atoms with van der Waals surface area (Å²) in [6.07, 6.45) is -0.692. The number of amides is 2. The van der Waals surface area contributed by atoms with Crippen LogP contribution in [0, 0.1) is 0 Å². The molecule has 8 heteroatoms. The maximum Gasteiger partial charge on any atom is 0.276 e. The molecular weight excluding hydrogens is 462 g/mol. The van der Waals surface area contributed by atoms with Gasteiger partial charge >= 0.3 is 0 Å². The van der Waals surface area contributed by atoms with E-state index in [4.69, 9.17) is 9.47 Å². The molecule has 4 rings (SSSR count). The minimum absolute atomic E-state index is 0.331. The number of anilines is 1. The van der Waals surface area contributed by atoms with Gasteiger partial charge in [-0.2, -0.15) is 0 Å². The number of hydrogen-bond donors (Lipinski definition) is 2. The Morgan fingerprint density at radius 1 is 1.03 bits per heavy atom. The van der Waals surface area contributed by atoms with E-state index in [1.165, 1.54) is 5.01 Å². The molecule has 0 aliphatic carbocycles. The number of carbonyl (C=O) groups is 2. The van der Waals surface area contributed by atoms with Crippen molar-refractivity contribution in [3.05, 3.63) is 87.9 Å². The van der Waals surface area contributed by atoms with Gasteiger partial charge in [-0.25, -0.2) is 5.01 Å². The van der Waals surface area contributed by atoms with Crippen LogP contribution in [-0.2, 0) is 0 Å². The molecule has 0 spiro atoms. The average molecular weight is 482 g/mol. The molecule has 1 atom stereocenters. The first-order chi connectivity index (χ1) is 15.0. The molecule has 2 amide bonds. The van der Waals surface area contributed by atoms with Crippen molar-refractivity contribution in [2.24, 2.45) is 0 Å². The zero-order valence-electron chi connectivity index (χ0n) is 16.9. The number of carbonyl (C=O) groups excluding carboxylic acids is 2. The fourth-order valence-electron chi connectivity index (χ4n) is 3.41. The number of hydrogen-bond acceptors (Lipinski definition) is 5. The monoisotopic (exact) mass is 481 g/mol. The zero-order chi connectivity index (χ0) is 22.0. The van der Waals surface area contributed by atoms with E-state index in [0.717, 1.165) is 4.47 Å². The highest BCUT2D eigenvalue weighted by Crippen LogP contribution is 2.37. The number of rotatable bonds is 5. The van der Waals surface area contributed by atoms with Crippen LogP contribution < -0.4 is 20.2 Å². The van der Waals surface area contributed by atoms with Gasteiger partial charge in [-0.05, 0) is 48.5 Å². The summed E-state index contributed by atoms with van der Waals surface area (Å²) in [5, 5.41) is 4.62. The number of benzene rings is 3. The van der Waals surface area contributed by atoms with Crippen molar-refractivity contribution in [2.75, 3.05) is 19.5 Å². The van der Waals surface area contributed by atoms with Crippen LogP contribution in [-0.4, -0.2) is 31.0 Å². The minimum Gasteiger partial charge on any atom is -0.497 e. The predicted octanol–water partition coefficient (Wildman–Crippen LogP) is 4.38. The molecule has 0 bridgehead atoms. The molecule has 2 N–H and O–H groups in total. The highest BCUT2D eigenvalue weighted by Gasteiger charge is 2.36. The van der Waals surface area contributed by atoms with E-state index < -0.39 is 12.1 Å². The second kappa shape index (κ2) is 8.69. The Labute approximate surface area is 188 Å². The van der Waals surface area contributed by atoms with Gasteiger partial charge in [0.1, 0.15) is 11.5 Å². The molecule has 1 aliphatic heterocycles. The third-order valence-corrected chi connectivity index (χ3v) is 5.52. The molecule has 0 aromatic heterocycles. The molecule has 0 unspecified atom stereocenters. The Balaban J connectivity index is 1.75. The van der Waals surface area contributed by atoms with Gasteiger partial charge in [-0.1, -0.05) is 28.1 Å². The lowest BCUT2D eigenvalue weighted by Crippen LogP contribution is -2.52. The molecule has 7 nitrogen and oxygen atoms in total. The quantitative estimate of drug-likeness (QED) is 0.565. The van der Waals surface area contributed by atoms with E-state index in [9.17, 15) is 9.59 Å². The number of nitrogens with zero attached hydrogens (tertiary/aromatic N) is 1. The number of para-hydroxylation sites is 1. The Kier molecular flexibility index (Phi) is 5.81. The van der Waals surface area contributed by atoms with Gasteiger partial charge in [-0.15, -0.1) is 0 Å². The number of fused-ring (bicyclic) bond motifs is 1. The van der Waals surface area contributed by atoms with Crippen molar-refractivity contribution in [1.29, 1.82) is 0 Å². The van der Waals surface area contributed by atoms with Crippen LogP contribution in [0.4, 0.5) is 5.69 Å². The lowest BCUT2D eigenvalue weighted by molar-refractivity contribution is 0.0488. The van der Waals surface area contributed by atoms with Crippen LogP contribution in [0.5, 0.6) is 11.5 Å². The number of halogens is 1. The summed E-state index contributed by atoms with van der Waals surface area (Å²) in [5.74, 6) is 0.405. The standard InChI is InChI=1S/C23H20BrN3O4/c1-30-16-11-12-18(20(13-16)31-2)21-25-19-6-4-3-5-17(19)23(29)27(21)26-22(28)14-7-9-15(24)10-8-14/h3-13,21,25H,1-2H3,(H,26,28)/t21-/m0/s1. The third kappa shape index (κ3) is 4.06. The molecule has 31 heavy (non-hydrogen) atoms. The molecule has 0 fully saturated rings. The van der Waals surface area contributed by atoms with Crippen LogP contribution in [0.1, 0.15) is 32.4 Å². The van der Waals surface area contributed by atoms with Crippen molar-refractivity contribution in [3.63, 3.8) is 0 Å². The van der Waals surface area contributed by atoms with Crippen LogP contribution in [0.15, 0.2) is 71.2 Å². The first kappa shape index (κ1) is 20.7. The van der Waals surface area contributed by atoms with Crippen molar-refractivity contribution < 1.29 is 19.1 Å². The fourth-order valence-corrected chi connectivity index (χ4v) is 3.67. The lowest BCUT2D eigenvalue weighted by atomic mass is 10.0. The van der Waals surface area contributed by atoms with Gasteiger partial charge < -0.3 is 14.8 Å². The molecule has 0 radical (unpaired) electrons. The SMILES string of the molecule is COc1ccc([C@H]2Nc3ccccc3C(=O)N2NC(=O)c2ccc(Br)cc2)c(OC)c1. The smallest absolute Gasteiger partial charge is 0.276 e. The first-order valence-electron chi connectivity index (χ1n) is 9.49. The number of methoxy groups -OCH3 is 2. The molecule has 0 saturated carbocycles. The third-order valence-electron chi connectivity index (χ3n) is 4.99. The molecule has 1 aliphatic rings. The molecule has 3 aromatic rings. The van der Waals surface area contributed by atoms with Crippen molar-refractivity contribution in [1.82, 2.24) is 10.4 Å². The highest BCUT2D eigenvalue weighted by atomic mass is 79.9. The molecule has 3 aromatic carbocycles. The van der Waals surface area contributed by atoms with Gasteiger partial charge in [0.2, 0.25) is 0 Å². The Morgan fingerprint density at radius 3 is 2.48 bits per heavy atom. The maximum atomic E-state index is 13.3. The Bertz CT molecular complexity index is 1130. The van der Waals surface area contributed by atoms with E-state index in [0.29, 0.717) is 33.9 Å². The van der Waals surface area contributed by atoms with E-state index >= 15 is 0 Å². The summed E-state index contributed by atoms with van der Waals surface area (Å²) in [6, 6.07) is 19.4. The van der Waals surface area contributed by atoms with Gasteiger partial charge in [-0.3, -0.25) is 15.0 Å². The van der Waals surface area contributed by atoms with E-state index in [1.807, 2.05) is 12.1 Å². The lowest BCUT2D eigenvalue weighted by Gasteiger charge is -2.38. The van der Waals surface area contributed by atoms with Gasteiger partial charge in [0.05, 0.1) is 19.8 Å². The number of nitrogens with one attached hydrogen (secondary N) is 2. The van der Waals surface area contributed by atoms with E-state index in [1.54, 1.807) is 68.8 Å². The average Bonchev–Trinajstić information content (AvgIpc) is 2.80. The normalized spacial score (nSPS) is 15.0. The number of ether oxygens (including phenoxy) is 2. The second-order valence-corrected chi connectivity index (χ2v) is 7.74. The topological polar surface area (TPSA) is 79.9 Å². The summed E-state index contributed by atoms with van der Waals surface area (Å²) in [4.78, 5) is 26.3. The fraction of sp³-hybridized carbons (Fsp3) is 0.130. The Hall–Kier alpha value is -3.52. The molecule has 0 saturated heterocycles. The van der Waals surface area contributed by atoms with Crippen molar-refractivity contribution in [3.8, 4) is 11.5 Å². The van der Waals surface area contributed by atoms with Crippen LogP contribution in [0.3, 0.4) is 0 Å². The first-order valence-corrected chi connectivity index (χ1v) is 10.3. The Morgan fingerprint density at radius 2 is 1.77 bits per heavy atom. The second-order valence-electron chi connectivity index (χ2n) is 6.82. The van der Waals surface area contributed by atoms with Crippen molar-refractivity contribution in [2.45, 2.75) is 6.17 Å². The molecule has 158 valence electrons. The largest absolute Gasteiger partial charge is 0.497 e. The summed E-state index contributed by atoms with van der Waals surface area (Å²) in [5.41, 5.74) is 4.98. The zero-order valence-corrected chi connectivity index (χ0v) is 18.5. The highest BCUT2D eigenvalue weighted by molar-refractivity contribution is 9.10. The molecular formula is C23H20BrN3O4.